The fourth-order valence-corrected chi connectivity index (χ4v) is 2.32. The van der Waals surface area contributed by atoms with Crippen molar-refractivity contribution in [3.05, 3.63) is 29.8 Å². The third-order valence-electron chi connectivity index (χ3n) is 3.36. The zero-order valence-electron chi connectivity index (χ0n) is 9.48. The van der Waals surface area contributed by atoms with Gasteiger partial charge >= 0.3 is 0 Å². The molecule has 0 aliphatic carbocycles. The largest absolute Gasteiger partial charge is 0.508 e. The van der Waals surface area contributed by atoms with Crippen molar-refractivity contribution in [3.8, 4) is 5.75 Å². The van der Waals surface area contributed by atoms with Gasteiger partial charge in [-0.3, -0.25) is 4.90 Å². The van der Waals surface area contributed by atoms with Crippen LogP contribution in [0.3, 0.4) is 0 Å². The topological polar surface area (TPSA) is 23.5 Å². The van der Waals surface area contributed by atoms with Crippen molar-refractivity contribution in [3.63, 3.8) is 0 Å². The smallest absolute Gasteiger partial charge is 0.115 e. The van der Waals surface area contributed by atoms with Crippen LogP contribution < -0.4 is 0 Å². The Kier molecular flexibility index (Phi) is 2.96. The molecule has 2 nitrogen and oxygen atoms in total. The number of aromatic hydroxyl groups is 1. The highest BCUT2D eigenvalue weighted by molar-refractivity contribution is 5.29. The predicted molar refractivity (Wildman–Crippen MR) is 61.9 cm³/mol. The molecule has 15 heavy (non-hydrogen) atoms. The fourth-order valence-electron chi connectivity index (χ4n) is 2.32. The van der Waals surface area contributed by atoms with Crippen LogP contribution in [0, 0.1) is 5.92 Å². The normalized spacial score (nSPS) is 24.3. The quantitative estimate of drug-likeness (QED) is 0.802. The van der Waals surface area contributed by atoms with Gasteiger partial charge in [-0.25, -0.2) is 0 Å². The number of rotatable bonds is 2. The third kappa shape index (κ3) is 2.32. The molecule has 1 aliphatic rings. The Balaban J connectivity index is 2.10. The molecule has 1 N–H and O–H groups in total. The molecule has 0 spiro atoms. The van der Waals surface area contributed by atoms with Crippen molar-refractivity contribution in [2.45, 2.75) is 26.3 Å². The van der Waals surface area contributed by atoms with E-state index in [1.54, 1.807) is 6.07 Å². The number of nitrogens with zero attached hydrogens (tertiary/aromatic N) is 1. The average molecular weight is 205 g/mol. The molecule has 1 aromatic rings. The number of benzene rings is 1. The molecule has 2 rings (SSSR count). The van der Waals surface area contributed by atoms with E-state index in [2.05, 4.69) is 24.8 Å². The first kappa shape index (κ1) is 10.5. The number of hydrogen-bond donors (Lipinski definition) is 1. The summed E-state index contributed by atoms with van der Waals surface area (Å²) >= 11 is 0. The van der Waals surface area contributed by atoms with Crippen molar-refractivity contribution in [1.29, 1.82) is 0 Å². The first-order valence-electron chi connectivity index (χ1n) is 5.70. The van der Waals surface area contributed by atoms with E-state index in [9.17, 15) is 5.11 Å². The summed E-state index contributed by atoms with van der Waals surface area (Å²) in [7, 11) is 0. The molecule has 1 saturated heterocycles. The lowest BCUT2D eigenvalue weighted by Crippen LogP contribution is -2.24. The molecule has 82 valence electrons. The molecular weight excluding hydrogens is 186 g/mol. The van der Waals surface area contributed by atoms with Gasteiger partial charge in [-0.05, 0) is 43.5 Å². The summed E-state index contributed by atoms with van der Waals surface area (Å²) in [6.45, 7) is 6.87. The van der Waals surface area contributed by atoms with Gasteiger partial charge in [-0.15, -0.1) is 0 Å². The van der Waals surface area contributed by atoms with Crippen molar-refractivity contribution < 1.29 is 5.11 Å². The SMILES string of the molecule is CC1CCN(C(C)c2cccc(O)c2)C1. The Morgan fingerprint density at radius 2 is 2.27 bits per heavy atom. The second kappa shape index (κ2) is 4.23. The van der Waals surface area contributed by atoms with Crippen LogP contribution in [-0.2, 0) is 0 Å². The average Bonchev–Trinajstić information content (AvgIpc) is 2.64. The molecule has 0 radical (unpaired) electrons. The Hall–Kier alpha value is -1.02. The summed E-state index contributed by atoms with van der Waals surface area (Å²) in [6.07, 6.45) is 1.29. The molecule has 0 amide bonds. The van der Waals surface area contributed by atoms with Gasteiger partial charge in [0.25, 0.3) is 0 Å². The van der Waals surface area contributed by atoms with Gasteiger partial charge in [-0.2, -0.15) is 0 Å². The van der Waals surface area contributed by atoms with Crippen molar-refractivity contribution >= 4 is 0 Å². The maximum atomic E-state index is 9.44. The van der Waals surface area contributed by atoms with E-state index in [0.717, 1.165) is 5.92 Å². The summed E-state index contributed by atoms with van der Waals surface area (Å²) in [5.41, 5.74) is 1.21. The predicted octanol–water partition coefficient (Wildman–Crippen LogP) is 2.80. The zero-order valence-corrected chi connectivity index (χ0v) is 9.48. The number of likely N-dealkylation sites (tertiary alicyclic amines) is 1. The molecule has 1 fully saturated rings. The Morgan fingerprint density at radius 1 is 1.47 bits per heavy atom. The van der Waals surface area contributed by atoms with Crippen LogP contribution in [0.4, 0.5) is 0 Å². The molecule has 0 bridgehead atoms. The summed E-state index contributed by atoms with van der Waals surface area (Å²) in [4.78, 5) is 2.49. The number of hydrogen-bond acceptors (Lipinski definition) is 2. The summed E-state index contributed by atoms with van der Waals surface area (Å²) in [5.74, 6) is 1.18. The van der Waals surface area contributed by atoms with Gasteiger partial charge in [0.15, 0.2) is 0 Å². The van der Waals surface area contributed by atoms with Gasteiger partial charge in [0.05, 0.1) is 0 Å². The van der Waals surface area contributed by atoms with E-state index >= 15 is 0 Å². The van der Waals surface area contributed by atoms with Crippen molar-refractivity contribution in [2.24, 2.45) is 5.92 Å². The van der Waals surface area contributed by atoms with Crippen LogP contribution in [0.5, 0.6) is 5.75 Å². The standard InChI is InChI=1S/C13H19NO/c1-10-6-7-14(9-10)11(2)12-4-3-5-13(15)8-12/h3-5,8,10-11,15H,6-7,9H2,1-2H3. The maximum absolute atomic E-state index is 9.44. The lowest BCUT2D eigenvalue weighted by molar-refractivity contribution is 0.254. The van der Waals surface area contributed by atoms with Crippen molar-refractivity contribution in [1.82, 2.24) is 4.90 Å². The zero-order chi connectivity index (χ0) is 10.8. The second-order valence-corrected chi connectivity index (χ2v) is 4.66. The minimum Gasteiger partial charge on any atom is -0.508 e. The minimum atomic E-state index is 0.367. The van der Waals surface area contributed by atoms with E-state index in [1.165, 1.54) is 25.1 Å². The van der Waals surface area contributed by atoms with E-state index < -0.39 is 0 Å². The van der Waals surface area contributed by atoms with E-state index in [4.69, 9.17) is 0 Å². The van der Waals surface area contributed by atoms with Gasteiger partial charge in [-0.1, -0.05) is 19.1 Å². The van der Waals surface area contributed by atoms with E-state index in [-0.39, 0.29) is 0 Å². The molecule has 1 aromatic carbocycles. The molecule has 2 heteroatoms. The van der Waals surface area contributed by atoms with Crippen LogP contribution >= 0.6 is 0 Å². The Bertz CT molecular complexity index is 337. The molecule has 2 atom stereocenters. The van der Waals surface area contributed by atoms with Crippen LogP contribution in [0.2, 0.25) is 0 Å². The molecular formula is C13H19NO. The number of phenols is 1. The highest BCUT2D eigenvalue weighted by Gasteiger charge is 2.23. The van der Waals surface area contributed by atoms with E-state index in [1.807, 2.05) is 12.1 Å². The Morgan fingerprint density at radius 3 is 2.87 bits per heavy atom. The second-order valence-electron chi connectivity index (χ2n) is 4.66. The highest BCUT2D eigenvalue weighted by atomic mass is 16.3. The fraction of sp³-hybridized carbons (Fsp3) is 0.538. The Labute approximate surface area is 91.5 Å². The van der Waals surface area contributed by atoms with Gasteiger partial charge in [0, 0.05) is 12.6 Å². The van der Waals surface area contributed by atoms with Crippen LogP contribution in [-0.4, -0.2) is 23.1 Å². The van der Waals surface area contributed by atoms with Crippen LogP contribution in [0.1, 0.15) is 31.9 Å². The van der Waals surface area contributed by atoms with Crippen molar-refractivity contribution in [2.75, 3.05) is 13.1 Å². The monoisotopic (exact) mass is 205 g/mol. The van der Waals surface area contributed by atoms with Gasteiger partial charge in [0.2, 0.25) is 0 Å². The molecule has 1 heterocycles. The van der Waals surface area contributed by atoms with Crippen LogP contribution in [0.15, 0.2) is 24.3 Å². The van der Waals surface area contributed by atoms with E-state index in [0.29, 0.717) is 11.8 Å². The first-order valence-corrected chi connectivity index (χ1v) is 5.70. The highest BCUT2D eigenvalue weighted by Crippen LogP contribution is 2.28. The molecule has 0 saturated carbocycles. The summed E-state index contributed by atoms with van der Waals surface area (Å²) in [6, 6.07) is 8.02. The van der Waals surface area contributed by atoms with Gasteiger partial charge < -0.3 is 5.11 Å². The molecule has 0 aromatic heterocycles. The summed E-state index contributed by atoms with van der Waals surface area (Å²) < 4.78 is 0. The van der Waals surface area contributed by atoms with Crippen LogP contribution in [0.25, 0.3) is 0 Å². The minimum absolute atomic E-state index is 0.367. The molecule has 2 unspecified atom stereocenters. The van der Waals surface area contributed by atoms with Gasteiger partial charge in [0.1, 0.15) is 5.75 Å². The molecule has 1 aliphatic heterocycles. The maximum Gasteiger partial charge on any atom is 0.115 e. The first-order chi connectivity index (χ1) is 7.16. The summed E-state index contributed by atoms with van der Waals surface area (Å²) in [5, 5.41) is 9.44. The lowest BCUT2D eigenvalue weighted by atomic mass is 10.1. The number of phenolic OH excluding ortho intramolecular Hbond substituents is 1. The lowest BCUT2D eigenvalue weighted by Gasteiger charge is -2.24. The third-order valence-corrected chi connectivity index (χ3v) is 3.36.